The van der Waals surface area contributed by atoms with Gasteiger partial charge in [0.2, 0.25) is 0 Å². The van der Waals surface area contributed by atoms with Crippen LogP contribution in [0.5, 0.6) is 0 Å². The fraction of sp³-hybridized carbons (Fsp3) is 0.556. The van der Waals surface area contributed by atoms with Gasteiger partial charge in [-0.3, -0.25) is 0 Å². The molecule has 0 spiro atoms. The van der Waals surface area contributed by atoms with Crippen molar-refractivity contribution in [1.82, 2.24) is 15.5 Å². The van der Waals surface area contributed by atoms with Gasteiger partial charge in [0.05, 0.1) is 0 Å². The van der Waals surface area contributed by atoms with Crippen LogP contribution in [-0.2, 0) is 0 Å². The number of hydrogen-bond donors (Lipinski definition) is 2. The molecule has 4 nitrogen and oxygen atoms in total. The summed E-state index contributed by atoms with van der Waals surface area (Å²) in [6.07, 6.45) is 4.35. The fourth-order valence-corrected chi connectivity index (χ4v) is 1.15. The molecule has 0 aromatic carbocycles. The molecule has 1 aromatic heterocycles. The summed E-state index contributed by atoms with van der Waals surface area (Å²) in [4.78, 5) is 0. The second-order valence-corrected chi connectivity index (χ2v) is 3.26. The molecular weight excluding hydrogens is 164 g/mol. The van der Waals surface area contributed by atoms with Gasteiger partial charge in [0.25, 0.3) is 0 Å². The Morgan fingerprint density at radius 1 is 1.38 bits per heavy atom. The number of nitrogens with zero attached hydrogens (tertiary/aromatic N) is 2. The van der Waals surface area contributed by atoms with E-state index in [1.165, 1.54) is 12.8 Å². The molecule has 1 aliphatic rings. The first-order valence-electron chi connectivity index (χ1n) is 4.70. The Morgan fingerprint density at radius 3 is 3.00 bits per heavy atom. The minimum Gasteiger partial charge on any atom is -0.367 e. The highest BCUT2D eigenvalue weighted by molar-refractivity contribution is 5.31. The van der Waals surface area contributed by atoms with Crippen LogP contribution in [0.2, 0.25) is 0 Å². The van der Waals surface area contributed by atoms with Crippen LogP contribution < -0.4 is 10.6 Å². The molecule has 4 heteroatoms. The van der Waals surface area contributed by atoms with E-state index in [9.17, 15) is 0 Å². The number of rotatable bonds is 5. The Bertz CT molecular complexity index is 245. The minimum absolute atomic E-state index is 0.781. The highest BCUT2D eigenvalue weighted by atomic mass is 15.2. The zero-order valence-electron chi connectivity index (χ0n) is 7.53. The van der Waals surface area contributed by atoms with E-state index >= 15 is 0 Å². The molecule has 0 radical (unpaired) electrons. The molecule has 0 amide bonds. The third kappa shape index (κ3) is 2.99. The molecule has 2 N–H and O–H groups in total. The molecule has 0 atom stereocenters. The molecule has 70 valence electrons. The van der Waals surface area contributed by atoms with Crippen molar-refractivity contribution < 1.29 is 0 Å². The first kappa shape index (κ1) is 8.44. The predicted octanol–water partition coefficient (Wildman–Crippen LogP) is 0.640. The van der Waals surface area contributed by atoms with Gasteiger partial charge in [0, 0.05) is 25.3 Å². The van der Waals surface area contributed by atoms with Crippen LogP contribution in [0, 0.1) is 0 Å². The average Bonchev–Trinajstić information content (AvgIpc) is 2.98. The summed E-state index contributed by atoms with van der Waals surface area (Å²) in [6.45, 7) is 1.91. The van der Waals surface area contributed by atoms with E-state index < -0.39 is 0 Å². The topological polar surface area (TPSA) is 49.8 Å². The number of anilines is 1. The van der Waals surface area contributed by atoms with Crippen molar-refractivity contribution in [1.29, 1.82) is 0 Å². The highest BCUT2D eigenvalue weighted by Gasteiger charge is 2.19. The Morgan fingerprint density at radius 2 is 2.31 bits per heavy atom. The average molecular weight is 178 g/mol. The summed E-state index contributed by atoms with van der Waals surface area (Å²) in [5, 5.41) is 14.3. The standard InChI is InChI=1S/C9H14N4/c1-2-9(13-12-5-1)11-7-6-10-8-3-4-8/h1-2,5,8,10H,3-4,6-7H2,(H,11,13). The lowest BCUT2D eigenvalue weighted by Crippen LogP contribution is -2.24. The Hall–Kier alpha value is -1.16. The summed E-state index contributed by atoms with van der Waals surface area (Å²) in [5.41, 5.74) is 0. The van der Waals surface area contributed by atoms with Crippen molar-refractivity contribution in [2.24, 2.45) is 0 Å². The van der Waals surface area contributed by atoms with Gasteiger partial charge in [-0.15, -0.1) is 5.10 Å². The van der Waals surface area contributed by atoms with Crippen molar-refractivity contribution in [3.8, 4) is 0 Å². The van der Waals surface area contributed by atoms with Gasteiger partial charge in [0.15, 0.2) is 0 Å². The third-order valence-corrected chi connectivity index (χ3v) is 2.01. The maximum Gasteiger partial charge on any atom is 0.148 e. The van der Waals surface area contributed by atoms with Gasteiger partial charge in [-0.2, -0.15) is 5.10 Å². The fourth-order valence-electron chi connectivity index (χ4n) is 1.15. The monoisotopic (exact) mass is 178 g/mol. The molecular formula is C9H14N4. The zero-order chi connectivity index (χ0) is 8.93. The molecule has 1 aliphatic carbocycles. The Balaban J connectivity index is 1.61. The van der Waals surface area contributed by atoms with Crippen molar-refractivity contribution in [3.05, 3.63) is 18.3 Å². The molecule has 2 rings (SSSR count). The van der Waals surface area contributed by atoms with Gasteiger partial charge in [-0.1, -0.05) is 0 Å². The maximum atomic E-state index is 3.92. The third-order valence-electron chi connectivity index (χ3n) is 2.01. The van der Waals surface area contributed by atoms with Crippen LogP contribution in [0.25, 0.3) is 0 Å². The van der Waals surface area contributed by atoms with Crippen LogP contribution in [0.4, 0.5) is 5.82 Å². The molecule has 13 heavy (non-hydrogen) atoms. The smallest absolute Gasteiger partial charge is 0.148 e. The molecule has 1 heterocycles. The van der Waals surface area contributed by atoms with Gasteiger partial charge in [0.1, 0.15) is 5.82 Å². The lowest BCUT2D eigenvalue weighted by atomic mass is 10.5. The van der Waals surface area contributed by atoms with Crippen molar-refractivity contribution in [2.45, 2.75) is 18.9 Å². The first-order chi connectivity index (χ1) is 6.45. The van der Waals surface area contributed by atoms with E-state index in [-0.39, 0.29) is 0 Å². The number of hydrogen-bond acceptors (Lipinski definition) is 4. The van der Waals surface area contributed by atoms with E-state index in [0.29, 0.717) is 0 Å². The van der Waals surface area contributed by atoms with Crippen molar-refractivity contribution >= 4 is 5.82 Å². The van der Waals surface area contributed by atoms with E-state index in [1.807, 2.05) is 12.1 Å². The largest absolute Gasteiger partial charge is 0.367 e. The summed E-state index contributed by atoms with van der Waals surface area (Å²) >= 11 is 0. The Labute approximate surface area is 77.8 Å². The van der Waals surface area contributed by atoms with Gasteiger partial charge >= 0.3 is 0 Å². The number of nitrogens with one attached hydrogen (secondary N) is 2. The molecule has 0 saturated heterocycles. The van der Waals surface area contributed by atoms with Crippen LogP contribution in [-0.4, -0.2) is 29.3 Å². The molecule has 1 aromatic rings. The van der Waals surface area contributed by atoms with Crippen LogP contribution >= 0.6 is 0 Å². The van der Waals surface area contributed by atoms with Gasteiger partial charge in [-0.25, -0.2) is 0 Å². The highest BCUT2D eigenvalue weighted by Crippen LogP contribution is 2.17. The maximum absolute atomic E-state index is 3.92. The zero-order valence-corrected chi connectivity index (χ0v) is 7.53. The SMILES string of the molecule is c1cnnc(NCCNC2CC2)c1. The summed E-state index contributed by atoms with van der Waals surface area (Å²) in [5.74, 6) is 0.847. The molecule has 1 fully saturated rings. The van der Waals surface area contributed by atoms with Crippen LogP contribution in [0.15, 0.2) is 18.3 Å². The quantitative estimate of drug-likeness (QED) is 0.650. The van der Waals surface area contributed by atoms with E-state index in [1.54, 1.807) is 6.20 Å². The second-order valence-electron chi connectivity index (χ2n) is 3.26. The summed E-state index contributed by atoms with van der Waals surface area (Å²) in [6, 6.07) is 4.58. The normalized spacial score (nSPS) is 15.7. The van der Waals surface area contributed by atoms with Gasteiger partial charge in [-0.05, 0) is 25.0 Å². The van der Waals surface area contributed by atoms with E-state index in [2.05, 4.69) is 20.8 Å². The summed E-state index contributed by atoms with van der Waals surface area (Å²) < 4.78 is 0. The van der Waals surface area contributed by atoms with E-state index in [4.69, 9.17) is 0 Å². The lowest BCUT2D eigenvalue weighted by Gasteiger charge is -2.04. The molecule has 0 bridgehead atoms. The molecule has 0 aliphatic heterocycles. The minimum atomic E-state index is 0.781. The predicted molar refractivity (Wildman–Crippen MR) is 51.5 cm³/mol. The first-order valence-corrected chi connectivity index (χ1v) is 4.70. The number of aromatic nitrogens is 2. The molecule has 0 unspecified atom stereocenters. The van der Waals surface area contributed by atoms with Crippen molar-refractivity contribution in [3.63, 3.8) is 0 Å². The van der Waals surface area contributed by atoms with Gasteiger partial charge < -0.3 is 10.6 Å². The van der Waals surface area contributed by atoms with E-state index in [0.717, 1.165) is 24.9 Å². The second kappa shape index (κ2) is 4.18. The van der Waals surface area contributed by atoms with Crippen molar-refractivity contribution in [2.75, 3.05) is 18.4 Å². The van der Waals surface area contributed by atoms with Crippen LogP contribution in [0.1, 0.15) is 12.8 Å². The lowest BCUT2D eigenvalue weighted by molar-refractivity contribution is 0.700. The Kier molecular flexibility index (Phi) is 2.72. The van der Waals surface area contributed by atoms with Crippen LogP contribution in [0.3, 0.4) is 0 Å². The molecule has 1 saturated carbocycles. The summed E-state index contributed by atoms with van der Waals surface area (Å²) in [7, 11) is 0.